The molecule has 0 bridgehead atoms. The fraction of sp³-hybridized carbons (Fsp3) is 0.300. The van der Waals surface area contributed by atoms with Crippen LogP contribution in [0.1, 0.15) is 31.9 Å². The summed E-state index contributed by atoms with van der Waals surface area (Å²) >= 11 is 0. The molecule has 0 spiro atoms. The molecule has 0 saturated carbocycles. The average Bonchev–Trinajstić information content (AvgIpc) is 2.87. The van der Waals surface area contributed by atoms with Crippen LogP contribution in [0.5, 0.6) is 0 Å². The molecule has 22 heavy (non-hydrogen) atoms. The van der Waals surface area contributed by atoms with Crippen molar-refractivity contribution >= 4 is 21.5 Å². The van der Waals surface area contributed by atoms with E-state index in [0.717, 1.165) is 0 Å². The molecule has 2 heteroatoms. The first kappa shape index (κ1) is 13.7. The van der Waals surface area contributed by atoms with Crippen molar-refractivity contribution in [1.82, 2.24) is 0 Å². The number of quaternary nitrogens is 1. The van der Waals surface area contributed by atoms with E-state index in [1.807, 2.05) is 0 Å². The minimum absolute atomic E-state index is 0.166. The second-order valence-electron chi connectivity index (χ2n) is 7.42. The molecule has 0 radical (unpaired) electrons. The molecule has 112 valence electrons. The van der Waals surface area contributed by atoms with Crippen LogP contribution < -0.4 is 0 Å². The molecule has 0 unspecified atom stereocenters. The summed E-state index contributed by atoms with van der Waals surface area (Å²) in [5, 5.41) is 18.4. The average molecular weight is 291 g/mol. The number of hydroxylamine groups is 3. The van der Waals surface area contributed by atoms with Crippen LogP contribution >= 0.6 is 0 Å². The van der Waals surface area contributed by atoms with Crippen molar-refractivity contribution in [2.45, 2.75) is 39.4 Å². The summed E-state index contributed by atoms with van der Waals surface area (Å²) in [4.78, 5) is 0. The third-order valence-electron chi connectivity index (χ3n) is 5.21. The van der Waals surface area contributed by atoms with Crippen molar-refractivity contribution in [3.8, 4) is 0 Å². The van der Waals surface area contributed by atoms with Crippen LogP contribution in [0.3, 0.4) is 0 Å². The topological polar surface area (TPSA) is 23.1 Å². The SMILES string of the molecule is CC(C)(C)[N+]1([O-])Cc2c(c3ccccc3c3ccccc23)C1. The van der Waals surface area contributed by atoms with Gasteiger partial charge in [0.1, 0.15) is 13.1 Å². The zero-order valence-electron chi connectivity index (χ0n) is 13.4. The lowest BCUT2D eigenvalue weighted by Crippen LogP contribution is -2.51. The second kappa shape index (κ2) is 4.31. The van der Waals surface area contributed by atoms with E-state index in [4.69, 9.17) is 0 Å². The highest BCUT2D eigenvalue weighted by Crippen LogP contribution is 2.43. The first-order chi connectivity index (χ1) is 10.4. The number of hydrogen-bond acceptors (Lipinski definition) is 1. The van der Waals surface area contributed by atoms with E-state index < -0.39 is 0 Å². The molecular formula is C20H21NO. The van der Waals surface area contributed by atoms with Crippen LogP contribution in [-0.4, -0.2) is 10.2 Å². The molecule has 4 rings (SSSR count). The molecule has 3 aromatic carbocycles. The van der Waals surface area contributed by atoms with E-state index >= 15 is 0 Å². The van der Waals surface area contributed by atoms with Gasteiger partial charge < -0.3 is 9.85 Å². The van der Waals surface area contributed by atoms with Crippen molar-refractivity contribution < 1.29 is 4.65 Å². The Morgan fingerprint density at radius 3 is 1.45 bits per heavy atom. The number of hydrogen-bond donors (Lipinski definition) is 0. The van der Waals surface area contributed by atoms with Crippen LogP contribution in [0.4, 0.5) is 0 Å². The highest BCUT2D eigenvalue weighted by Gasteiger charge is 2.40. The Hall–Kier alpha value is -1.90. The number of fused-ring (bicyclic) bond motifs is 6. The molecule has 3 aromatic rings. The Morgan fingerprint density at radius 1 is 0.727 bits per heavy atom. The number of nitrogens with zero attached hydrogens (tertiary/aromatic N) is 1. The fourth-order valence-corrected chi connectivity index (χ4v) is 3.69. The van der Waals surface area contributed by atoms with Crippen LogP contribution in [-0.2, 0) is 13.1 Å². The van der Waals surface area contributed by atoms with Crippen molar-refractivity contribution in [3.05, 3.63) is 64.9 Å². The van der Waals surface area contributed by atoms with Gasteiger partial charge in [-0.2, -0.15) is 0 Å². The molecule has 1 aliphatic rings. The molecule has 0 N–H and O–H groups in total. The van der Waals surface area contributed by atoms with Gasteiger partial charge in [0.15, 0.2) is 0 Å². The van der Waals surface area contributed by atoms with Gasteiger partial charge in [0.25, 0.3) is 0 Å². The summed E-state index contributed by atoms with van der Waals surface area (Å²) < 4.78 is -0.166. The molecule has 0 atom stereocenters. The van der Waals surface area contributed by atoms with Crippen molar-refractivity contribution in [2.75, 3.05) is 0 Å². The van der Waals surface area contributed by atoms with E-state index in [-0.39, 0.29) is 10.2 Å². The van der Waals surface area contributed by atoms with Gasteiger partial charge in [-0.15, -0.1) is 0 Å². The Bertz CT molecular complexity index is 824. The Labute approximate surface area is 131 Å². The Balaban J connectivity index is 2.10. The van der Waals surface area contributed by atoms with Crippen LogP contribution in [0.2, 0.25) is 0 Å². The van der Waals surface area contributed by atoms with E-state index in [2.05, 4.69) is 69.3 Å². The molecule has 1 aliphatic heterocycles. The van der Waals surface area contributed by atoms with Gasteiger partial charge >= 0.3 is 0 Å². The third-order valence-corrected chi connectivity index (χ3v) is 5.21. The molecule has 0 amide bonds. The number of benzene rings is 3. The maximum Gasteiger partial charge on any atom is 0.106 e. The Morgan fingerprint density at radius 2 is 1.09 bits per heavy atom. The molecule has 0 aromatic heterocycles. The van der Waals surface area contributed by atoms with Gasteiger partial charge in [0.05, 0.1) is 5.54 Å². The normalized spacial score (nSPS) is 17.1. The minimum atomic E-state index is -0.304. The first-order valence-corrected chi connectivity index (χ1v) is 7.90. The standard InChI is InChI=1S/C20H21NO/c1-20(2,3)21(22)12-18-16-10-6-4-8-14(16)15-9-5-7-11-17(15)19(18)13-21/h4-11H,12-13H2,1-3H3. The zero-order valence-corrected chi connectivity index (χ0v) is 13.4. The van der Waals surface area contributed by atoms with Crippen LogP contribution in [0.15, 0.2) is 48.5 Å². The predicted octanol–water partition coefficient (Wildman–Crippen LogP) is 5.12. The van der Waals surface area contributed by atoms with Crippen molar-refractivity contribution in [3.63, 3.8) is 0 Å². The van der Waals surface area contributed by atoms with Crippen molar-refractivity contribution in [2.24, 2.45) is 0 Å². The summed E-state index contributed by atoms with van der Waals surface area (Å²) in [6, 6.07) is 17.0. The van der Waals surface area contributed by atoms with Crippen LogP contribution in [0.25, 0.3) is 21.5 Å². The lowest BCUT2D eigenvalue weighted by Gasteiger charge is -2.49. The predicted molar refractivity (Wildman–Crippen MR) is 92.2 cm³/mol. The summed E-state index contributed by atoms with van der Waals surface area (Å²) in [5.74, 6) is 0. The smallest absolute Gasteiger partial charge is 0.106 e. The van der Waals surface area contributed by atoms with Gasteiger partial charge in [-0.3, -0.25) is 0 Å². The van der Waals surface area contributed by atoms with E-state index in [0.29, 0.717) is 13.1 Å². The minimum Gasteiger partial charge on any atom is -0.632 e. The summed E-state index contributed by atoms with van der Waals surface area (Å²) in [6.07, 6.45) is 0. The lowest BCUT2D eigenvalue weighted by atomic mass is 9.93. The molecule has 0 saturated heterocycles. The largest absolute Gasteiger partial charge is 0.632 e. The zero-order chi connectivity index (χ0) is 15.5. The van der Waals surface area contributed by atoms with Gasteiger partial charge in [-0.25, -0.2) is 0 Å². The number of rotatable bonds is 0. The van der Waals surface area contributed by atoms with E-state index in [1.54, 1.807) is 0 Å². The molecule has 0 fully saturated rings. The lowest BCUT2D eigenvalue weighted by molar-refractivity contribution is -0.944. The van der Waals surface area contributed by atoms with Gasteiger partial charge in [0, 0.05) is 11.1 Å². The van der Waals surface area contributed by atoms with Gasteiger partial charge in [0.2, 0.25) is 0 Å². The second-order valence-corrected chi connectivity index (χ2v) is 7.42. The quantitative estimate of drug-likeness (QED) is 0.320. The van der Waals surface area contributed by atoms with Gasteiger partial charge in [-0.05, 0) is 42.3 Å². The molecular weight excluding hydrogens is 270 g/mol. The fourth-order valence-electron chi connectivity index (χ4n) is 3.69. The third kappa shape index (κ3) is 1.74. The highest BCUT2D eigenvalue weighted by molar-refractivity contribution is 6.10. The molecule has 2 nitrogen and oxygen atoms in total. The van der Waals surface area contributed by atoms with E-state index in [9.17, 15) is 5.21 Å². The summed E-state index contributed by atoms with van der Waals surface area (Å²) in [5.41, 5.74) is 2.19. The molecule has 0 aliphatic carbocycles. The monoisotopic (exact) mass is 291 g/mol. The Kier molecular flexibility index (Phi) is 2.69. The van der Waals surface area contributed by atoms with Crippen LogP contribution in [0, 0.1) is 5.21 Å². The van der Waals surface area contributed by atoms with Crippen molar-refractivity contribution in [1.29, 1.82) is 0 Å². The maximum absolute atomic E-state index is 13.4. The van der Waals surface area contributed by atoms with E-state index in [1.165, 1.54) is 32.7 Å². The molecule has 1 heterocycles. The van der Waals surface area contributed by atoms with Gasteiger partial charge in [-0.1, -0.05) is 48.5 Å². The first-order valence-electron chi connectivity index (χ1n) is 7.90. The summed E-state index contributed by atoms with van der Waals surface area (Å²) in [6.45, 7) is 7.30. The maximum atomic E-state index is 13.4. The highest BCUT2D eigenvalue weighted by atomic mass is 16.6. The summed E-state index contributed by atoms with van der Waals surface area (Å²) in [7, 11) is 0.